The molecule has 0 spiro atoms. The molecule has 1 aromatic heterocycles. The van der Waals surface area contributed by atoms with Crippen molar-refractivity contribution in [2.45, 2.75) is 0 Å². The lowest BCUT2D eigenvalue weighted by Crippen LogP contribution is -2.35. The van der Waals surface area contributed by atoms with Crippen LogP contribution in [0.2, 0.25) is 0 Å². The lowest BCUT2D eigenvalue weighted by molar-refractivity contribution is 0.0939. The van der Waals surface area contributed by atoms with Gasteiger partial charge in [0.15, 0.2) is 0 Å². The van der Waals surface area contributed by atoms with Gasteiger partial charge in [-0.2, -0.15) is 0 Å². The third-order valence-corrected chi connectivity index (χ3v) is 2.56. The van der Waals surface area contributed by atoms with Crippen molar-refractivity contribution in [3.8, 4) is 0 Å². The van der Waals surface area contributed by atoms with Crippen LogP contribution in [0.3, 0.4) is 0 Å². The Morgan fingerprint density at radius 3 is 2.45 bits per heavy atom. The van der Waals surface area contributed by atoms with Crippen molar-refractivity contribution in [2.75, 3.05) is 0 Å². The molecule has 0 unspecified atom stereocenters. The third-order valence-electron chi connectivity index (χ3n) is 2.56. The summed E-state index contributed by atoms with van der Waals surface area (Å²) in [6.07, 6.45) is 6.84. The minimum absolute atomic E-state index is 0.235. The summed E-state index contributed by atoms with van der Waals surface area (Å²) in [5, 5.41) is 0. The fraction of sp³-hybridized carbons (Fsp3) is 0. The molecule has 0 bridgehead atoms. The first-order valence-corrected chi connectivity index (χ1v) is 6.14. The number of aromatic nitrogens is 1. The van der Waals surface area contributed by atoms with E-state index in [9.17, 15) is 4.79 Å². The number of hydrogen-bond donors (Lipinski definition) is 2. The number of hydrogen-bond acceptors (Lipinski definition) is 3. The quantitative estimate of drug-likeness (QED) is 0.645. The first kappa shape index (κ1) is 13.5. The Morgan fingerprint density at radius 2 is 1.75 bits per heavy atom. The smallest absolute Gasteiger partial charge is 0.269 e. The monoisotopic (exact) mass is 265 g/mol. The summed E-state index contributed by atoms with van der Waals surface area (Å²) < 4.78 is 0. The van der Waals surface area contributed by atoms with Crippen LogP contribution in [0.25, 0.3) is 6.08 Å². The van der Waals surface area contributed by atoms with Crippen LogP contribution in [-0.2, 0) is 0 Å². The average Bonchev–Trinajstić information content (AvgIpc) is 2.52. The zero-order valence-corrected chi connectivity index (χ0v) is 10.9. The van der Waals surface area contributed by atoms with Gasteiger partial charge in [-0.3, -0.25) is 20.6 Å². The zero-order chi connectivity index (χ0) is 14.2. The number of benzene rings is 1. The number of pyridine rings is 1. The van der Waals surface area contributed by atoms with E-state index < -0.39 is 0 Å². The van der Waals surface area contributed by atoms with Crippen LogP contribution in [-0.4, -0.2) is 10.9 Å². The van der Waals surface area contributed by atoms with Crippen molar-refractivity contribution >= 4 is 12.0 Å². The summed E-state index contributed by atoms with van der Waals surface area (Å²) >= 11 is 0. The fourth-order valence-electron chi connectivity index (χ4n) is 1.52. The highest BCUT2D eigenvalue weighted by molar-refractivity contribution is 5.93. The van der Waals surface area contributed by atoms with Gasteiger partial charge in [-0.05, 0) is 23.8 Å². The fourth-order valence-corrected chi connectivity index (χ4v) is 1.52. The molecule has 4 nitrogen and oxygen atoms in total. The molecular weight excluding hydrogens is 250 g/mol. The Labute approximate surface area is 117 Å². The van der Waals surface area contributed by atoms with Gasteiger partial charge in [0, 0.05) is 23.7 Å². The van der Waals surface area contributed by atoms with E-state index in [1.165, 1.54) is 0 Å². The molecule has 0 atom stereocenters. The molecule has 1 amide bonds. The highest BCUT2D eigenvalue weighted by Crippen LogP contribution is 2.02. The highest BCUT2D eigenvalue weighted by Gasteiger charge is 2.02. The van der Waals surface area contributed by atoms with Gasteiger partial charge >= 0.3 is 0 Å². The molecule has 0 radical (unpaired) electrons. The van der Waals surface area contributed by atoms with E-state index >= 15 is 0 Å². The number of rotatable bonds is 5. The maximum absolute atomic E-state index is 11.8. The van der Waals surface area contributed by atoms with Gasteiger partial charge in [-0.15, -0.1) is 0 Å². The molecule has 0 aliphatic heterocycles. The van der Waals surface area contributed by atoms with Crippen molar-refractivity contribution in [3.63, 3.8) is 0 Å². The third kappa shape index (κ3) is 4.10. The molecule has 2 rings (SSSR count). The predicted octanol–water partition coefficient (Wildman–Crippen LogP) is 2.54. The van der Waals surface area contributed by atoms with E-state index in [0.29, 0.717) is 11.3 Å². The molecule has 0 aliphatic rings. The number of amides is 1. The first-order valence-electron chi connectivity index (χ1n) is 6.14. The number of hydrazine groups is 1. The molecular formula is C16H15N3O. The van der Waals surface area contributed by atoms with Crippen molar-refractivity contribution in [2.24, 2.45) is 0 Å². The van der Waals surface area contributed by atoms with E-state index in [0.717, 1.165) is 5.56 Å². The normalized spacial score (nSPS) is 10.2. The van der Waals surface area contributed by atoms with E-state index in [4.69, 9.17) is 0 Å². The Morgan fingerprint density at radius 1 is 1.05 bits per heavy atom. The molecule has 0 saturated carbocycles. The number of nitrogens with zero attached hydrogens (tertiary/aromatic N) is 1. The second-order valence-corrected chi connectivity index (χ2v) is 4.08. The second-order valence-electron chi connectivity index (χ2n) is 4.08. The standard InChI is InChI=1S/C16H15N3O/c1-13(7-8-14-5-3-2-4-6-14)18-19-16(20)15-9-11-17-12-10-15/h2-12,18H,1H2,(H,19,20)/b8-7+. The van der Waals surface area contributed by atoms with Gasteiger partial charge in [0.2, 0.25) is 0 Å². The lowest BCUT2D eigenvalue weighted by Gasteiger charge is -2.07. The minimum atomic E-state index is -0.235. The summed E-state index contributed by atoms with van der Waals surface area (Å²) in [7, 11) is 0. The molecule has 0 saturated heterocycles. The number of allylic oxidation sites excluding steroid dienone is 1. The summed E-state index contributed by atoms with van der Waals surface area (Å²) in [6.45, 7) is 3.81. The van der Waals surface area contributed by atoms with Crippen molar-refractivity contribution in [3.05, 3.63) is 84.3 Å². The number of nitrogens with one attached hydrogen (secondary N) is 2. The molecule has 20 heavy (non-hydrogen) atoms. The predicted molar refractivity (Wildman–Crippen MR) is 79.5 cm³/mol. The summed E-state index contributed by atoms with van der Waals surface area (Å²) in [5.41, 5.74) is 7.51. The molecule has 0 fully saturated rings. The molecule has 2 N–H and O–H groups in total. The minimum Gasteiger partial charge on any atom is -0.299 e. The van der Waals surface area contributed by atoms with Crippen LogP contribution in [0.1, 0.15) is 15.9 Å². The van der Waals surface area contributed by atoms with Crippen LogP contribution in [0.5, 0.6) is 0 Å². The van der Waals surface area contributed by atoms with Crippen LogP contribution < -0.4 is 10.9 Å². The van der Waals surface area contributed by atoms with Gasteiger partial charge in [0.1, 0.15) is 0 Å². The lowest BCUT2D eigenvalue weighted by atomic mass is 10.2. The van der Waals surface area contributed by atoms with E-state index in [2.05, 4.69) is 22.4 Å². The summed E-state index contributed by atoms with van der Waals surface area (Å²) in [5.74, 6) is -0.235. The molecule has 100 valence electrons. The maximum atomic E-state index is 11.8. The summed E-state index contributed by atoms with van der Waals surface area (Å²) in [4.78, 5) is 15.6. The van der Waals surface area contributed by atoms with Crippen LogP contribution in [0.15, 0.2) is 73.2 Å². The van der Waals surface area contributed by atoms with Gasteiger partial charge in [-0.25, -0.2) is 0 Å². The van der Waals surface area contributed by atoms with E-state index in [-0.39, 0.29) is 5.91 Å². The Hall–Kier alpha value is -2.88. The first-order chi connectivity index (χ1) is 9.75. The largest absolute Gasteiger partial charge is 0.299 e. The SMILES string of the molecule is C=C(/C=C/c1ccccc1)NNC(=O)c1ccncc1. The van der Waals surface area contributed by atoms with Gasteiger partial charge in [0.25, 0.3) is 5.91 Å². The highest BCUT2D eigenvalue weighted by atomic mass is 16.2. The van der Waals surface area contributed by atoms with Crippen LogP contribution in [0, 0.1) is 0 Å². The van der Waals surface area contributed by atoms with Crippen LogP contribution >= 0.6 is 0 Å². The van der Waals surface area contributed by atoms with Crippen LogP contribution in [0.4, 0.5) is 0 Å². The maximum Gasteiger partial charge on any atom is 0.269 e. The van der Waals surface area contributed by atoms with Gasteiger partial charge in [-0.1, -0.05) is 43.0 Å². The van der Waals surface area contributed by atoms with Crippen molar-refractivity contribution in [1.82, 2.24) is 15.8 Å². The second kappa shape index (κ2) is 6.89. The Bertz CT molecular complexity index is 606. The molecule has 2 aromatic rings. The van der Waals surface area contributed by atoms with Gasteiger partial charge in [0.05, 0.1) is 0 Å². The Kier molecular flexibility index (Phi) is 4.67. The number of carbonyl (C=O) groups excluding carboxylic acids is 1. The number of carbonyl (C=O) groups is 1. The average molecular weight is 265 g/mol. The molecule has 0 aliphatic carbocycles. The molecule has 4 heteroatoms. The van der Waals surface area contributed by atoms with Crippen molar-refractivity contribution < 1.29 is 4.79 Å². The van der Waals surface area contributed by atoms with E-state index in [1.54, 1.807) is 30.6 Å². The molecule has 1 heterocycles. The molecule has 1 aromatic carbocycles. The van der Waals surface area contributed by atoms with Gasteiger partial charge < -0.3 is 0 Å². The zero-order valence-electron chi connectivity index (χ0n) is 10.9. The van der Waals surface area contributed by atoms with E-state index in [1.807, 2.05) is 36.4 Å². The topological polar surface area (TPSA) is 54.0 Å². The Balaban J connectivity index is 1.84. The summed E-state index contributed by atoms with van der Waals surface area (Å²) in [6, 6.07) is 13.1. The van der Waals surface area contributed by atoms with Crippen molar-refractivity contribution in [1.29, 1.82) is 0 Å².